The quantitative estimate of drug-likeness (QED) is 0.836. The molecule has 0 aromatic heterocycles. The summed E-state index contributed by atoms with van der Waals surface area (Å²) >= 11 is 0. The number of carbonyl (C=O) groups is 1. The summed E-state index contributed by atoms with van der Waals surface area (Å²) in [5, 5.41) is 22.3. The van der Waals surface area contributed by atoms with E-state index < -0.39 is 12.1 Å². The number of hydrogen-bond acceptors (Lipinski definition) is 4. The Morgan fingerprint density at radius 1 is 1.25 bits per heavy atom. The van der Waals surface area contributed by atoms with Crippen molar-refractivity contribution in [2.24, 2.45) is 0 Å². The van der Waals surface area contributed by atoms with E-state index in [0.717, 1.165) is 22.4 Å². The first-order valence-electron chi connectivity index (χ1n) is 9.34. The van der Waals surface area contributed by atoms with Gasteiger partial charge in [-0.05, 0) is 31.0 Å². The first-order chi connectivity index (χ1) is 13.5. The van der Waals surface area contributed by atoms with Gasteiger partial charge in [0.25, 0.3) is 0 Å². The van der Waals surface area contributed by atoms with E-state index in [2.05, 4.69) is 11.4 Å². The summed E-state index contributed by atoms with van der Waals surface area (Å²) in [6, 6.07) is 16.5. The number of aliphatic hydroxyl groups is 1. The molecule has 2 aromatic rings. The molecule has 146 valence electrons. The Labute approximate surface area is 165 Å². The van der Waals surface area contributed by atoms with Crippen molar-refractivity contribution in [3.63, 3.8) is 0 Å². The second-order valence-electron chi connectivity index (χ2n) is 7.18. The molecule has 6 nitrogen and oxygen atoms in total. The van der Waals surface area contributed by atoms with Crippen LogP contribution < -0.4 is 10.1 Å². The van der Waals surface area contributed by atoms with Gasteiger partial charge in [-0.1, -0.05) is 42.5 Å². The molecule has 2 aromatic carbocycles. The molecule has 6 heteroatoms. The molecule has 1 aliphatic heterocycles. The highest BCUT2D eigenvalue weighted by Crippen LogP contribution is 2.41. The monoisotopic (exact) mass is 379 g/mol. The third kappa shape index (κ3) is 3.54. The lowest BCUT2D eigenvalue weighted by Crippen LogP contribution is -2.67. The lowest BCUT2D eigenvalue weighted by molar-refractivity contribution is 0.0162. The molecule has 0 aliphatic carbocycles. The molecule has 2 N–H and O–H groups in total. The van der Waals surface area contributed by atoms with Crippen LogP contribution in [0.1, 0.15) is 25.3 Å². The third-order valence-electron chi connectivity index (χ3n) is 5.09. The molecule has 28 heavy (non-hydrogen) atoms. The topological polar surface area (TPSA) is 85.6 Å². The molecule has 0 saturated carbocycles. The molecule has 1 aliphatic rings. The number of nitriles is 1. The number of hydrogen-bond donors (Lipinski definition) is 2. The van der Waals surface area contributed by atoms with Gasteiger partial charge in [-0.3, -0.25) is 0 Å². The van der Waals surface area contributed by atoms with Crippen LogP contribution in [-0.4, -0.2) is 47.9 Å². The average Bonchev–Trinajstić information content (AvgIpc) is 2.68. The first kappa shape index (κ1) is 19.7. The number of para-hydroxylation sites is 1. The number of aliphatic hydroxyl groups excluding tert-OH is 1. The molecule has 0 spiro atoms. The summed E-state index contributed by atoms with van der Waals surface area (Å²) < 4.78 is 5.42. The van der Waals surface area contributed by atoms with E-state index >= 15 is 0 Å². The molecule has 0 radical (unpaired) electrons. The fraction of sp³-hybridized carbons (Fsp3) is 0.364. The smallest absolute Gasteiger partial charge is 0.319 e. The molecular weight excluding hydrogens is 354 g/mol. The number of nitrogens with zero attached hydrogens (tertiary/aromatic N) is 2. The minimum atomic E-state index is -0.604. The fourth-order valence-corrected chi connectivity index (χ4v) is 3.78. The Kier molecular flexibility index (Phi) is 5.86. The zero-order valence-corrected chi connectivity index (χ0v) is 16.3. The first-order valence-corrected chi connectivity index (χ1v) is 9.34. The van der Waals surface area contributed by atoms with Crippen LogP contribution in [0, 0.1) is 11.3 Å². The van der Waals surface area contributed by atoms with Crippen LogP contribution in [0.15, 0.2) is 48.5 Å². The van der Waals surface area contributed by atoms with Gasteiger partial charge >= 0.3 is 6.03 Å². The highest BCUT2D eigenvalue weighted by Gasteiger charge is 2.51. The lowest BCUT2D eigenvalue weighted by Gasteiger charge is -2.51. The number of methoxy groups -OCH3 is 1. The van der Waals surface area contributed by atoms with Crippen LogP contribution in [0.4, 0.5) is 4.79 Å². The highest BCUT2D eigenvalue weighted by atomic mass is 16.5. The van der Waals surface area contributed by atoms with E-state index in [-0.39, 0.29) is 24.6 Å². The van der Waals surface area contributed by atoms with Crippen molar-refractivity contribution < 1.29 is 14.6 Å². The molecule has 1 fully saturated rings. The van der Waals surface area contributed by atoms with Gasteiger partial charge in [-0.25, -0.2) is 4.79 Å². The maximum absolute atomic E-state index is 12.4. The second-order valence-corrected chi connectivity index (χ2v) is 7.18. The van der Waals surface area contributed by atoms with Crippen LogP contribution in [-0.2, 0) is 0 Å². The normalized spacial score (nSPS) is 21.0. The number of rotatable bonds is 5. The molecular formula is C22H25N3O3. The van der Waals surface area contributed by atoms with Crippen LogP contribution in [0.25, 0.3) is 11.1 Å². The number of ether oxygens (including phenoxy) is 1. The molecule has 1 saturated heterocycles. The Balaban J connectivity index is 1.85. The van der Waals surface area contributed by atoms with Crippen molar-refractivity contribution in [1.82, 2.24) is 10.2 Å². The van der Waals surface area contributed by atoms with Crippen LogP contribution >= 0.6 is 0 Å². The van der Waals surface area contributed by atoms with Gasteiger partial charge in [0.05, 0.1) is 25.8 Å². The number of nitrogens with one attached hydrogen (secondary N) is 1. The largest absolute Gasteiger partial charge is 0.496 e. The molecule has 2 amide bonds. The van der Waals surface area contributed by atoms with Gasteiger partial charge in [-0.15, -0.1) is 0 Å². The second kappa shape index (κ2) is 8.32. The van der Waals surface area contributed by atoms with E-state index in [9.17, 15) is 15.2 Å². The van der Waals surface area contributed by atoms with Crippen molar-refractivity contribution in [1.29, 1.82) is 5.26 Å². The fourth-order valence-electron chi connectivity index (χ4n) is 3.78. The van der Waals surface area contributed by atoms with Crippen molar-refractivity contribution >= 4 is 6.03 Å². The van der Waals surface area contributed by atoms with Gasteiger partial charge in [0.2, 0.25) is 0 Å². The van der Waals surface area contributed by atoms with E-state index in [1.54, 1.807) is 7.11 Å². The standard InChI is InChI=1S/C22H25N3O3/c1-14(2)24-22(27)25-18(12-23)21(19(25)13-26)16-10-8-15(9-11-16)17-6-4-5-7-20(17)28-3/h4-11,14,18-19,21,26H,13H2,1-3H3,(H,24,27)/t18-,19-,21-/m1/s1. The average molecular weight is 379 g/mol. The van der Waals surface area contributed by atoms with Crippen molar-refractivity contribution in [2.75, 3.05) is 13.7 Å². The Hall–Kier alpha value is -3.04. The maximum atomic E-state index is 12.4. The lowest BCUT2D eigenvalue weighted by atomic mass is 9.75. The molecule has 0 unspecified atom stereocenters. The zero-order chi connectivity index (χ0) is 20.3. The third-order valence-corrected chi connectivity index (χ3v) is 5.09. The van der Waals surface area contributed by atoms with Crippen LogP contribution in [0.5, 0.6) is 5.75 Å². The summed E-state index contributed by atoms with van der Waals surface area (Å²) in [7, 11) is 1.64. The van der Waals surface area contributed by atoms with Gasteiger partial charge < -0.3 is 20.1 Å². The molecule has 3 rings (SSSR count). The number of likely N-dealkylation sites (tertiary alicyclic amines) is 1. The van der Waals surface area contributed by atoms with Gasteiger partial charge in [0.15, 0.2) is 0 Å². The number of benzene rings is 2. The SMILES string of the molecule is COc1ccccc1-c1ccc([C@@H]2[C@@H](C#N)N(C(=O)NC(C)C)[C@@H]2CO)cc1. The Morgan fingerprint density at radius 2 is 1.93 bits per heavy atom. The Bertz CT molecular complexity index is 873. The maximum Gasteiger partial charge on any atom is 0.319 e. The molecule has 0 bridgehead atoms. The number of carbonyl (C=O) groups excluding carboxylic acids is 1. The summed E-state index contributed by atoms with van der Waals surface area (Å²) in [4.78, 5) is 13.8. The zero-order valence-electron chi connectivity index (χ0n) is 16.3. The van der Waals surface area contributed by atoms with Gasteiger partial charge in [-0.2, -0.15) is 5.26 Å². The van der Waals surface area contributed by atoms with Gasteiger partial charge in [0.1, 0.15) is 11.8 Å². The summed E-state index contributed by atoms with van der Waals surface area (Å²) in [6.07, 6.45) is 0. The van der Waals surface area contributed by atoms with E-state index in [1.807, 2.05) is 62.4 Å². The predicted octanol–water partition coefficient (Wildman–Crippen LogP) is 3.13. The summed E-state index contributed by atoms with van der Waals surface area (Å²) in [5.74, 6) is 0.568. The molecule has 3 atom stereocenters. The number of urea groups is 1. The van der Waals surface area contributed by atoms with Crippen LogP contribution in [0.2, 0.25) is 0 Å². The number of amides is 2. The van der Waals surface area contributed by atoms with Crippen molar-refractivity contribution in [3.8, 4) is 22.9 Å². The van der Waals surface area contributed by atoms with E-state index in [1.165, 1.54) is 4.90 Å². The van der Waals surface area contributed by atoms with Crippen LogP contribution in [0.3, 0.4) is 0 Å². The van der Waals surface area contributed by atoms with Crippen molar-refractivity contribution in [2.45, 2.75) is 37.9 Å². The van der Waals surface area contributed by atoms with E-state index in [0.29, 0.717) is 0 Å². The summed E-state index contributed by atoms with van der Waals surface area (Å²) in [5.41, 5.74) is 2.92. The molecule has 1 heterocycles. The minimum Gasteiger partial charge on any atom is -0.496 e. The van der Waals surface area contributed by atoms with Crippen molar-refractivity contribution in [3.05, 3.63) is 54.1 Å². The summed E-state index contributed by atoms with van der Waals surface area (Å²) in [6.45, 7) is 3.53. The van der Waals surface area contributed by atoms with Gasteiger partial charge in [0, 0.05) is 17.5 Å². The highest BCUT2D eigenvalue weighted by molar-refractivity contribution is 5.78. The Morgan fingerprint density at radius 3 is 2.50 bits per heavy atom. The van der Waals surface area contributed by atoms with E-state index in [4.69, 9.17) is 4.74 Å². The predicted molar refractivity (Wildman–Crippen MR) is 107 cm³/mol. The minimum absolute atomic E-state index is 0.0367.